The molecule has 4 nitrogen and oxygen atoms in total. The minimum atomic E-state index is 0.190. The van der Waals surface area contributed by atoms with Crippen molar-refractivity contribution in [1.82, 2.24) is 10.3 Å². The summed E-state index contributed by atoms with van der Waals surface area (Å²) < 4.78 is 11.6. The highest BCUT2D eigenvalue weighted by Gasteiger charge is 2.32. The van der Waals surface area contributed by atoms with E-state index in [1.54, 1.807) is 6.20 Å². The van der Waals surface area contributed by atoms with E-state index >= 15 is 0 Å². The topological polar surface area (TPSA) is 43.4 Å². The fourth-order valence-corrected chi connectivity index (χ4v) is 2.69. The predicted molar refractivity (Wildman–Crippen MR) is 80.0 cm³/mol. The SMILES string of the molecule is CCCOc1cncc(C(NCC)C2OCCC2C)c1. The van der Waals surface area contributed by atoms with Crippen LogP contribution in [0.4, 0.5) is 0 Å². The lowest BCUT2D eigenvalue weighted by atomic mass is 9.93. The van der Waals surface area contributed by atoms with Crippen LogP contribution in [-0.2, 0) is 4.74 Å². The quantitative estimate of drug-likeness (QED) is 0.833. The third-order valence-corrected chi connectivity index (χ3v) is 3.76. The Balaban J connectivity index is 2.15. The molecule has 0 saturated carbocycles. The molecule has 1 aliphatic heterocycles. The summed E-state index contributed by atoms with van der Waals surface area (Å²) in [7, 11) is 0. The first-order valence-electron chi connectivity index (χ1n) is 7.69. The van der Waals surface area contributed by atoms with Crippen molar-refractivity contribution in [3.63, 3.8) is 0 Å². The molecule has 1 fully saturated rings. The van der Waals surface area contributed by atoms with Crippen LogP contribution in [0, 0.1) is 5.92 Å². The van der Waals surface area contributed by atoms with E-state index in [9.17, 15) is 0 Å². The fourth-order valence-electron chi connectivity index (χ4n) is 2.69. The highest BCUT2D eigenvalue weighted by Crippen LogP contribution is 2.32. The minimum absolute atomic E-state index is 0.190. The Labute approximate surface area is 121 Å². The van der Waals surface area contributed by atoms with Crippen LogP contribution in [0.5, 0.6) is 5.75 Å². The molecule has 112 valence electrons. The first-order valence-corrected chi connectivity index (χ1v) is 7.69. The molecule has 4 heteroatoms. The number of likely N-dealkylation sites (N-methyl/N-ethyl adjacent to an activating group) is 1. The zero-order chi connectivity index (χ0) is 14.4. The predicted octanol–water partition coefficient (Wildman–Crippen LogP) is 2.95. The van der Waals surface area contributed by atoms with Crippen molar-refractivity contribution in [2.24, 2.45) is 5.92 Å². The van der Waals surface area contributed by atoms with Crippen molar-refractivity contribution in [2.75, 3.05) is 19.8 Å². The largest absolute Gasteiger partial charge is 0.492 e. The van der Waals surface area contributed by atoms with Crippen LogP contribution in [0.25, 0.3) is 0 Å². The number of rotatable bonds is 7. The van der Waals surface area contributed by atoms with Crippen molar-refractivity contribution < 1.29 is 9.47 Å². The Morgan fingerprint density at radius 2 is 2.30 bits per heavy atom. The zero-order valence-corrected chi connectivity index (χ0v) is 12.8. The van der Waals surface area contributed by atoms with Gasteiger partial charge < -0.3 is 14.8 Å². The molecule has 1 aromatic rings. The van der Waals surface area contributed by atoms with Gasteiger partial charge in [0, 0.05) is 12.8 Å². The number of nitrogens with one attached hydrogen (secondary N) is 1. The molecule has 20 heavy (non-hydrogen) atoms. The summed E-state index contributed by atoms with van der Waals surface area (Å²) in [6.45, 7) is 8.98. The Morgan fingerprint density at radius 1 is 1.45 bits per heavy atom. The summed E-state index contributed by atoms with van der Waals surface area (Å²) in [5.74, 6) is 1.41. The van der Waals surface area contributed by atoms with Gasteiger partial charge in [-0.3, -0.25) is 4.98 Å². The van der Waals surface area contributed by atoms with E-state index in [1.807, 2.05) is 6.20 Å². The van der Waals surface area contributed by atoms with Gasteiger partial charge in [-0.25, -0.2) is 0 Å². The van der Waals surface area contributed by atoms with E-state index in [-0.39, 0.29) is 12.1 Å². The second kappa shape index (κ2) is 7.60. The van der Waals surface area contributed by atoms with E-state index < -0.39 is 0 Å². The molecule has 0 aliphatic carbocycles. The van der Waals surface area contributed by atoms with E-state index in [1.165, 1.54) is 0 Å². The maximum atomic E-state index is 5.92. The van der Waals surface area contributed by atoms with E-state index in [4.69, 9.17) is 9.47 Å². The van der Waals surface area contributed by atoms with Crippen molar-refractivity contribution in [3.05, 3.63) is 24.0 Å². The molecule has 2 rings (SSSR count). The molecular formula is C16H26N2O2. The second-order valence-corrected chi connectivity index (χ2v) is 5.44. The summed E-state index contributed by atoms with van der Waals surface area (Å²) in [5.41, 5.74) is 1.15. The second-order valence-electron chi connectivity index (χ2n) is 5.44. The Kier molecular flexibility index (Phi) is 5.80. The van der Waals surface area contributed by atoms with Gasteiger partial charge in [-0.2, -0.15) is 0 Å². The molecule has 3 unspecified atom stereocenters. The monoisotopic (exact) mass is 278 g/mol. The van der Waals surface area contributed by atoms with Gasteiger partial charge in [0.2, 0.25) is 0 Å². The van der Waals surface area contributed by atoms with Gasteiger partial charge in [-0.1, -0.05) is 20.8 Å². The van der Waals surface area contributed by atoms with Crippen LogP contribution in [0.15, 0.2) is 18.5 Å². The summed E-state index contributed by atoms with van der Waals surface area (Å²) in [4.78, 5) is 4.32. The average Bonchev–Trinajstić information content (AvgIpc) is 2.89. The molecule has 2 heterocycles. The first kappa shape index (κ1) is 15.3. The average molecular weight is 278 g/mol. The van der Waals surface area contributed by atoms with E-state index in [0.717, 1.165) is 43.9 Å². The van der Waals surface area contributed by atoms with Gasteiger partial charge in [0.05, 0.1) is 24.9 Å². The fraction of sp³-hybridized carbons (Fsp3) is 0.688. The summed E-state index contributed by atoms with van der Waals surface area (Å²) in [6, 6.07) is 2.28. The molecule has 0 amide bonds. The van der Waals surface area contributed by atoms with Crippen LogP contribution >= 0.6 is 0 Å². The maximum Gasteiger partial charge on any atom is 0.137 e. The number of ether oxygens (including phenoxy) is 2. The number of nitrogens with zero attached hydrogens (tertiary/aromatic N) is 1. The molecule has 0 radical (unpaired) electrons. The van der Waals surface area contributed by atoms with Gasteiger partial charge >= 0.3 is 0 Å². The lowest BCUT2D eigenvalue weighted by Gasteiger charge is -2.27. The molecule has 0 aromatic carbocycles. The summed E-state index contributed by atoms with van der Waals surface area (Å²) in [6.07, 6.45) is 6.05. The lowest BCUT2D eigenvalue weighted by Crippen LogP contribution is -2.34. The van der Waals surface area contributed by atoms with Gasteiger partial charge in [0.1, 0.15) is 5.75 Å². The highest BCUT2D eigenvalue weighted by atomic mass is 16.5. The molecule has 1 aromatic heterocycles. The molecule has 0 bridgehead atoms. The van der Waals surface area contributed by atoms with E-state index in [2.05, 4.69) is 37.1 Å². The molecular weight excluding hydrogens is 252 g/mol. The van der Waals surface area contributed by atoms with Crippen LogP contribution in [0.2, 0.25) is 0 Å². The molecule has 0 spiro atoms. The molecule has 1 N–H and O–H groups in total. The van der Waals surface area contributed by atoms with Gasteiger partial charge in [-0.15, -0.1) is 0 Å². The van der Waals surface area contributed by atoms with Crippen LogP contribution in [0.3, 0.4) is 0 Å². The number of aromatic nitrogens is 1. The Bertz CT molecular complexity index is 411. The number of hydrogen-bond acceptors (Lipinski definition) is 4. The molecule has 1 saturated heterocycles. The minimum Gasteiger partial charge on any atom is -0.492 e. The van der Waals surface area contributed by atoms with Crippen molar-refractivity contribution in [3.8, 4) is 5.75 Å². The van der Waals surface area contributed by atoms with Crippen LogP contribution in [-0.4, -0.2) is 30.8 Å². The van der Waals surface area contributed by atoms with Crippen LogP contribution in [0.1, 0.15) is 45.2 Å². The molecule has 3 atom stereocenters. The van der Waals surface area contributed by atoms with E-state index in [0.29, 0.717) is 5.92 Å². The van der Waals surface area contributed by atoms with Crippen molar-refractivity contribution in [2.45, 2.75) is 45.8 Å². The lowest BCUT2D eigenvalue weighted by molar-refractivity contribution is 0.0610. The smallest absolute Gasteiger partial charge is 0.137 e. The third kappa shape index (κ3) is 3.70. The Hall–Kier alpha value is -1.13. The normalized spacial score (nSPS) is 23.8. The summed E-state index contributed by atoms with van der Waals surface area (Å²) in [5, 5.41) is 3.53. The highest BCUT2D eigenvalue weighted by molar-refractivity contribution is 5.27. The number of pyridine rings is 1. The standard InChI is InChI=1S/C16H26N2O2/c1-4-7-19-14-9-13(10-17-11-14)15(18-5-2)16-12(3)6-8-20-16/h9-12,15-16,18H,4-8H2,1-3H3. The van der Waals surface area contributed by atoms with Crippen molar-refractivity contribution in [1.29, 1.82) is 0 Å². The summed E-state index contributed by atoms with van der Waals surface area (Å²) >= 11 is 0. The van der Waals surface area contributed by atoms with Crippen molar-refractivity contribution >= 4 is 0 Å². The van der Waals surface area contributed by atoms with Gasteiger partial charge in [-0.05, 0) is 36.9 Å². The zero-order valence-electron chi connectivity index (χ0n) is 12.8. The Morgan fingerprint density at radius 3 is 2.95 bits per heavy atom. The first-order chi connectivity index (χ1) is 9.76. The number of hydrogen-bond donors (Lipinski definition) is 1. The van der Waals surface area contributed by atoms with Gasteiger partial charge in [0.15, 0.2) is 0 Å². The third-order valence-electron chi connectivity index (χ3n) is 3.76. The maximum absolute atomic E-state index is 5.92. The van der Waals surface area contributed by atoms with Gasteiger partial charge in [0.25, 0.3) is 0 Å². The molecule has 1 aliphatic rings. The van der Waals surface area contributed by atoms with Crippen LogP contribution < -0.4 is 10.1 Å².